The molecule has 47 heavy (non-hydrogen) atoms. The van der Waals surface area contributed by atoms with Gasteiger partial charge in [-0.1, -0.05) is 78.9 Å². The maximum Gasteiger partial charge on any atom is 0.0701 e. The lowest BCUT2D eigenvalue weighted by molar-refractivity contribution is 1.29. The standard InChI is InChI=1S/C43H26N2S2/c1-3-9-30-23-40-37(21-28(30)7-1)35-18-16-33(25-42(35)46-40)45(32-14-12-27(13-15-32)39-11-5-6-20-44-39)34-17-19-36-38-22-29-8-2-4-10-31(29)24-41(38)47-43(36)26-34/h1-26H. The Kier molecular flexibility index (Phi) is 5.95. The fraction of sp³-hybridized carbons (Fsp3) is 0. The smallest absolute Gasteiger partial charge is 0.0701 e. The van der Waals surface area contributed by atoms with E-state index in [4.69, 9.17) is 0 Å². The maximum atomic E-state index is 4.58. The van der Waals surface area contributed by atoms with Crippen LogP contribution in [0.15, 0.2) is 158 Å². The van der Waals surface area contributed by atoms with E-state index in [1.54, 1.807) is 0 Å². The Morgan fingerprint density at radius 3 is 1.36 bits per heavy atom. The lowest BCUT2D eigenvalue weighted by atomic mass is 10.0. The molecule has 2 nitrogen and oxygen atoms in total. The number of fused-ring (bicyclic) bond motifs is 8. The number of hydrogen-bond donors (Lipinski definition) is 0. The fourth-order valence-corrected chi connectivity index (χ4v) is 9.28. The summed E-state index contributed by atoms with van der Waals surface area (Å²) in [5.41, 5.74) is 5.48. The normalized spacial score (nSPS) is 11.8. The zero-order valence-corrected chi connectivity index (χ0v) is 26.9. The number of rotatable bonds is 4. The van der Waals surface area contributed by atoms with Gasteiger partial charge in [-0.2, -0.15) is 0 Å². The largest absolute Gasteiger partial charge is 0.310 e. The van der Waals surface area contributed by atoms with Crippen molar-refractivity contribution in [2.75, 3.05) is 4.90 Å². The summed E-state index contributed by atoms with van der Waals surface area (Å²) in [4.78, 5) is 6.97. The van der Waals surface area contributed by atoms with Gasteiger partial charge in [-0.05, 0) is 94.3 Å². The van der Waals surface area contributed by atoms with Crippen LogP contribution < -0.4 is 4.90 Å². The predicted octanol–water partition coefficient (Wildman–Crippen LogP) is 13.3. The van der Waals surface area contributed by atoms with Crippen LogP contribution in [0.3, 0.4) is 0 Å². The first kappa shape index (κ1) is 26.6. The molecule has 10 rings (SSSR count). The van der Waals surface area contributed by atoms with E-state index in [9.17, 15) is 0 Å². The Hall–Kier alpha value is -5.55. The van der Waals surface area contributed by atoms with Crippen molar-refractivity contribution in [2.24, 2.45) is 0 Å². The minimum Gasteiger partial charge on any atom is -0.310 e. The van der Waals surface area contributed by atoms with Crippen molar-refractivity contribution in [1.29, 1.82) is 0 Å². The third-order valence-electron chi connectivity index (χ3n) is 9.25. The van der Waals surface area contributed by atoms with E-state index < -0.39 is 0 Å². The molecule has 0 spiro atoms. The topological polar surface area (TPSA) is 16.1 Å². The Labute approximate surface area is 279 Å². The second-order valence-corrected chi connectivity index (χ2v) is 14.2. The predicted molar refractivity (Wildman–Crippen MR) is 205 cm³/mol. The first-order chi connectivity index (χ1) is 23.2. The SMILES string of the molecule is c1ccc(-c2ccc(N(c3ccc4c(c3)sc3cc5ccccc5cc34)c3ccc4c(c3)sc3cc5ccccc5cc34)cc2)nc1. The number of thiophene rings is 2. The number of hydrogen-bond acceptors (Lipinski definition) is 4. The number of benzene rings is 7. The Morgan fingerprint density at radius 2 is 0.851 bits per heavy atom. The summed E-state index contributed by atoms with van der Waals surface area (Å²) in [7, 11) is 0. The first-order valence-corrected chi connectivity index (χ1v) is 17.4. The van der Waals surface area contributed by atoms with Crippen LogP contribution in [-0.4, -0.2) is 4.98 Å². The molecule has 10 aromatic rings. The van der Waals surface area contributed by atoms with Crippen LogP contribution >= 0.6 is 22.7 Å². The van der Waals surface area contributed by atoms with Crippen molar-refractivity contribution < 1.29 is 0 Å². The molecule has 3 heterocycles. The summed E-state index contributed by atoms with van der Waals surface area (Å²) in [5.74, 6) is 0. The average Bonchev–Trinajstić information content (AvgIpc) is 3.66. The second-order valence-electron chi connectivity index (χ2n) is 12.1. The van der Waals surface area contributed by atoms with Gasteiger partial charge in [0.2, 0.25) is 0 Å². The van der Waals surface area contributed by atoms with Gasteiger partial charge in [-0.15, -0.1) is 22.7 Å². The monoisotopic (exact) mass is 634 g/mol. The Morgan fingerprint density at radius 1 is 0.383 bits per heavy atom. The van der Waals surface area contributed by atoms with Crippen molar-refractivity contribution in [3.05, 3.63) is 158 Å². The van der Waals surface area contributed by atoms with Crippen LogP contribution in [0.4, 0.5) is 17.1 Å². The second kappa shape index (κ2) is 10.5. The summed E-state index contributed by atoms with van der Waals surface area (Å²) in [5, 5.41) is 10.4. The summed E-state index contributed by atoms with van der Waals surface area (Å²) in [6.07, 6.45) is 1.85. The molecule has 0 bridgehead atoms. The zero-order chi connectivity index (χ0) is 30.9. The molecule has 0 aliphatic heterocycles. The van der Waals surface area contributed by atoms with Gasteiger partial charge < -0.3 is 4.90 Å². The quantitative estimate of drug-likeness (QED) is 0.191. The summed E-state index contributed by atoms with van der Waals surface area (Å²) in [6.45, 7) is 0. The van der Waals surface area contributed by atoms with Gasteiger partial charge in [0.1, 0.15) is 0 Å². The zero-order valence-electron chi connectivity index (χ0n) is 25.2. The minimum absolute atomic E-state index is 0.976. The number of pyridine rings is 1. The molecule has 0 unspecified atom stereocenters. The molecule has 0 atom stereocenters. The van der Waals surface area contributed by atoms with Crippen LogP contribution in [0.2, 0.25) is 0 Å². The van der Waals surface area contributed by atoms with E-state index in [0.717, 1.165) is 28.3 Å². The third kappa shape index (κ3) is 4.41. The summed E-state index contributed by atoms with van der Waals surface area (Å²) >= 11 is 3.74. The minimum atomic E-state index is 0.976. The molecule has 0 radical (unpaired) electrons. The molecule has 4 heteroatoms. The maximum absolute atomic E-state index is 4.58. The highest BCUT2D eigenvalue weighted by molar-refractivity contribution is 7.26. The Bertz CT molecular complexity index is 2640. The van der Waals surface area contributed by atoms with Crippen LogP contribution in [0.25, 0.3) is 73.1 Å². The van der Waals surface area contributed by atoms with Crippen LogP contribution in [-0.2, 0) is 0 Å². The van der Waals surface area contributed by atoms with Crippen LogP contribution in [0, 0.1) is 0 Å². The van der Waals surface area contributed by atoms with Gasteiger partial charge in [0.25, 0.3) is 0 Å². The average molecular weight is 635 g/mol. The molecular weight excluding hydrogens is 609 g/mol. The number of nitrogens with zero attached hydrogens (tertiary/aromatic N) is 2. The molecule has 0 amide bonds. The van der Waals surface area contributed by atoms with E-state index in [-0.39, 0.29) is 0 Å². The molecule has 0 N–H and O–H groups in total. The number of anilines is 3. The van der Waals surface area contributed by atoms with Gasteiger partial charge in [-0.3, -0.25) is 4.98 Å². The van der Waals surface area contributed by atoms with Crippen molar-refractivity contribution >= 4 is 102 Å². The fourth-order valence-electron chi connectivity index (χ4n) is 6.94. The molecule has 3 aromatic heterocycles. The lowest BCUT2D eigenvalue weighted by Crippen LogP contribution is -2.09. The van der Waals surface area contributed by atoms with Crippen LogP contribution in [0.1, 0.15) is 0 Å². The molecule has 7 aromatic carbocycles. The van der Waals surface area contributed by atoms with Crippen molar-refractivity contribution in [3.8, 4) is 11.3 Å². The van der Waals surface area contributed by atoms with E-state index in [2.05, 4.69) is 149 Å². The molecule has 0 fully saturated rings. The summed E-state index contributed by atoms with van der Waals surface area (Å²) < 4.78 is 5.22. The highest BCUT2D eigenvalue weighted by atomic mass is 32.1. The van der Waals surface area contributed by atoms with E-state index >= 15 is 0 Å². The first-order valence-electron chi connectivity index (χ1n) is 15.8. The molecule has 0 aliphatic rings. The molecule has 0 saturated carbocycles. The highest BCUT2D eigenvalue weighted by Crippen LogP contribution is 2.44. The Balaban J connectivity index is 1.15. The summed E-state index contributed by atoms with van der Waals surface area (Å²) in [6, 6.07) is 55.4. The molecule has 0 aliphatic carbocycles. The van der Waals surface area contributed by atoms with E-state index in [1.807, 2.05) is 41.0 Å². The molecular formula is C43H26N2S2. The highest BCUT2D eigenvalue weighted by Gasteiger charge is 2.17. The molecule has 220 valence electrons. The molecule has 0 saturated heterocycles. The van der Waals surface area contributed by atoms with Gasteiger partial charge in [0, 0.05) is 69.2 Å². The lowest BCUT2D eigenvalue weighted by Gasteiger charge is -2.26. The van der Waals surface area contributed by atoms with Gasteiger partial charge in [0.05, 0.1) is 5.69 Å². The van der Waals surface area contributed by atoms with Gasteiger partial charge >= 0.3 is 0 Å². The van der Waals surface area contributed by atoms with E-state index in [1.165, 1.54) is 61.9 Å². The number of aromatic nitrogens is 1. The van der Waals surface area contributed by atoms with Crippen molar-refractivity contribution in [3.63, 3.8) is 0 Å². The van der Waals surface area contributed by atoms with Gasteiger partial charge in [0.15, 0.2) is 0 Å². The third-order valence-corrected chi connectivity index (χ3v) is 11.5. The van der Waals surface area contributed by atoms with Crippen LogP contribution in [0.5, 0.6) is 0 Å². The van der Waals surface area contributed by atoms with E-state index in [0.29, 0.717) is 0 Å². The van der Waals surface area contributed by atoms with Gasteiger partial charge in [-0.25, -0.2) is 0 Å². The van der Waals surface area contributed by atoms with Crippen molar-refractivity contribution in [2.45, 2.75) is 0 Å². The van der Waals surface area contributed by atoms with Crippen molar-refractivity contribution in [1.82, 2.24) is 4.98 Å².